The number of nitrogens with zero attached hydrogens (tertiary/aromatic N) is 2. The number of hydrogen-bond acceptors (Lipinski definition) is 5. The van der Waals surface area contributed by atoms with Crippen LogP contribution in [0.15, 0.2) is 17.0 Å². The Morgan fingerprint density at radius 2 is 2.05 bits per heavy atom. The molecule has 0 radical (unpaired) electrons. The highest BCUT2D eigenvalue weighted by Crippen LogP contribution is 2.31. The second-order valence-electron chi connectivity index (χ2n) is 5.25. The average molecular weight is 328 g/mol. The lowest BCUT2D eigenvalue weighted by molar-refractivity contribution is -0.385. The van der Waals surface area contributed by atoms with Crippen molar-refractivity contribution in [3.8, 4) is 0 Å². The predicted molar refractivity (Wildman–Crippen MR) is 77.1 cm³/mol. The zero-order chi connectivity index (χ0) is 16.7. The molecule has 0 saturated carbocycles. The highest BCUT2D eigenvalue weighted by atomic mass is 32.2. The van der Waals surface area contributed by atoms with Gasteiger partial charge in [-0.05, 0) is 37.8 Å². The number of carboxylic acid groups (broad SMARTS) is 1. The van der Waals surface area contributed by atoms with Crippen LogP contribution in [-0.4, -0.2) is 41.3 Å². The molecule has 1 aliphatic heterocycles. The van der Waals surface area contributed by atoms with Gasteiger partial charge in [0.2, 0.25) is 10.0 Å². The van der Waals surface area contributed by atoms with Crippen molar-refractivity contribution in [2.45, 2.75) is 37.6 Å². The molecule has 1 aliphatic rings. The van der Waals surface area contributed by atoms with Gasteiger partial charge >= 0.3 is 5.97 Å². The van der Waals surface area contributed by atoms with Crippen LogP contribution in [0.25, 0.3) is 0 Å². The fraction of sp³-hybridized carbons (Fsp3) is 0.462. The fourth-order valence-electron chi connectivity index (χ4n) is 2.58. The highest BCUT2D eigenvalue weighted by Gasteiger charge is 2.40. The van der Waals surface area contributed by atoms with E-state index in [-0.39, 0.29) is 23.5 Å². The maximum Gasteiger partial charge on any atom is 0.322 e. The number of nitro benzene ring substituents is 1. The summed E-state index contributed by atoms with van der Waals surface area (Å²) >= 11 is 0. The van der Waals surface area contributed by atoms with Crippen LogP contribution in [-0.2, 0) is 14.8 Å². The van der Waals surface area contributed by atoms with E-state index in [2.05, 4.69) is 0 Å². The second-order valence-corrected chi connectivity index (χ2v) is 7.11. The Hall–Kier alpha value is -2.00. The maximum absolute atomic E-state index is 12.7. The number of rotatable bonds is 4. The van der Waals surface area contributed by atoms with E-state index in [0.29, 0.717) is 17.5 Å². The van der Waals surface area contributed by atoms with E-state index in [9.17, 15) is 23.3 Å². The third-order valence-corrected chi connectivity index (χ3v) is 5.93. The first kappa shape index (κ1) is 16.4. The normalized spacial score (nSPS) is 19.3. The van der Waals surface area contributed by atoms with E-state index in [1.54, 1.807) is 13.8 Å². The molecule has 1 atom stereocenters. The number of benzene rings is 1. The maximum atomic E-state index is 12.7. The van der Waals surface area contributed by atoms with Crippen molar-refractivity contribution in [2.24, 2.45) is 0 Å². The largest absolute Gasteiger partial charge is 0.480 e. The number of carbonyl (C=O) groups is 1. The van der Waals surface area contributed by atoms with Crippen LogP contribution in [0.2, 0.25) is 0 Å². The zero-order valence-corrected chi connectivity index (χ0v) is 13.0. The molecular weight excluding hydrogens is 312 g/mol. The summed E-state index contributed by atoms with van der Waals surface area (Å²) in [6, 6.07) is 1.17. The minimum atomic E-state index is -4.09. The monoisotopic (exact) mass is 328 g/mol. The average Bonchev–Trinajstić information content (AvgIpc) is 2.91. The van der Waals surface area contributed by atoms with Crippen molar-refractivity contribution in [3.63, 3.8) is 0 Å². The number of non-ortho nitro benzene ring substituents is 1. The summed E-state index contributed by atoms with van der Waals surface area (Å²) in [5.74, 6) is -1.21. The Balaban J connectivity index is 2.59. The molecule has 120 valence electrons. The topological polar surface area (TPSA) is 118 Å². The van der Waals surface area contributed by atoms with E-state index in [4.69, 9.17) is 5.11 Å². The molecule has 0 aliphatic carbocycles. The van der Waals surface area contributed by atoms with Gasteiger partial charge in [-0.15, -0.1) is 0 Å². The number of hydrogen-bond donors (Lipinski definition) is 1. The van der Waals surface area contributed by atoms with Crippen molar-refractivity contribution < 1.29 is 23.2 Å². The van der Waals surface area contributed by atoms with Crippen molar-refractivity contribution >= 4 is 21.7 Å². The molecule has 1 aromatic rings. The zero-order valence-electron chi connectivity index (χ0n) is 12.1. The summed E-state index contributed by atoms with van der Waals surface area (Å²) in [4.78, 5) is 21.3. The van der Waals surface area contributed by atoms with Gasteiger partial charge < -0.3 is 5.11 Å². The molecule has 22 heavy (non-hydrogen) atoms. The Morgan fingerprint density at radius 3 is 2.59 bits per heavy atom. The molecule has 8 nitrogen and oxygen atoms in total. The van der Waals surface area contributed by atoms with E-state index in [1.165, 1.54) is 6.07 Å². The van der Waals surface area contributed by atoms with Crippen LogP contribution in [0.5, 0.6) is 0 Å². The van der Waals surface area contributed by atoms with E-state index in [1.807, 2.05) is 0 Å². The fourth-order valence-corrected chi connectivity index (χ4v) is 4.55. The third kappa shape index (κ3) is 2.69. The third-order valence-electron chi connectivity index (χ3n) is 3.89. The van der Waals surface area contributed by atoms with Gasteiger partial charge in [0.05, 0.1) is 9.82 Å². The van der Waals surface area contributed by atoms with E-state index in [0.717, 1.165) is 10.4 Å². The summed E-state index contributed by atoms with van der Waals surface area (Å²) in [7, 11) is -4.09. The molecule has 2 rings (SSSR count). The Morgan fingerprint density at radius 1 is 1.41 bits per heavy atom. The van der Waals surface area contributed by atoms with Crippen LogP contribution in [0, 0.1) is 24.0 Å². The van der Waals surface area contributed by atoms with Crippen molar-refractivity contribution in [1.82, 2.24) is 4.31 Å². The van der Waals surface area contributed by atoms with Crippen LogP contribution < -0.4 is 0 Å². The minimum Gasteiger partial charge on any atom is -0.480 e. The van der Waals surface area contributed by atoms with Gasteiger partial charge in [-0.25, -0.2) is 8.42 Å². The summed E-state index contributed by atoms with van der Waals surface area (Å²) in [5.41, 5.74) is 0.535. The molecule has 1 saturated heterocycles. The van der Waals surface area contributed by atoms with Crippen molar-refractivity contribution in [2.75, 3.05) is 6.54 Å². The van der Waals surface area contributed by atoms with Gasteiger partial charge in [0.25, 0.3) is 5.69 Å². The summed E-state index contributed by atoms with van der Waals surface area (Å²) < 4.78 is 26.4. The van der Waals surface area contributed by atoms with Gasteiger partial charge in [0.15, 0.2) is 0 Å². The lowest BCUT2D eigenvalue weighted by Crippen LogP contribution is -2.40. The second kappa shape index (κ2) is 5.65. The van der Waals surface area contributed by atoms with Gasteiger partial charge in [0, 0.05) is 18.7 Å². The summed E-state index contributed by atoms with van der Waals surface area (Å²) in [6.07, 6.45) is 0.685. The van der Waals surface area contributed by atoms with Gasteiger partial charge in [-0.3, -0.25) is 14.9 Å². The first-order valence-corrected chi connectivity index (χ1v) is 8.10. The van der Waals surface area contributed by atoms with Crippen molar-refractivity contribution in [1.29, 1.82) is 0 Å². The van der Waals surface area contributed by atoms with Gasteiger partial charge in [0.1, 0.15) is 6.04 Å². The number of carboxylic acids is 1. The standard InChI is InChI=1S/C13H16N2O6S/c1-8-6-10(15(18)19)7-12(9(8)2)22(20,21)14-5-3-4-11(14)13(16)17/h6-7,11H,3-5H2,1-2H3,(H,16,17)/t11-/m0/s1. The molecule has 1 heterocycles. The molecular formula is C13H16N2O6S. The summed E-state index contributed by atoms with van der Waals surface area (Å²) in [5, 5.41) is 20.1. The smallest absolute Gasteiger partial charge is 0.322 e. The van der Waals surface area contributed by atoms with Crippen LogP contribution in [0.1, 0.15) is 24.0 Å². The predicted octanol–water partition coefficient (Wildman–Crippen LogP) is 1.45. The molecule has 0 bridgehead atoms. The molecule has 1 fully saturated rings. The molecule has 1 N–H and O–H groups in total. The first-order chi connectivity index (χ1) is 10.2. The minimum absolute atomic E-state index is 0.0977. The summed E-state index contributed by atoms with van der Waals surface area (Å²) in [6.45, 7) is 3.23. The lowest BCUT2D eigenvalue weighted by Gasteiger charge is -2.22. The lowest BCUT2D eigenvalue weighted by atomic mass is 10.1. The number of sulfonamides is 1. The quantitative estimate of drug-likeness (QED) is 0.660. The van der Waals surface area contributed by atoms with Crippen LogP contribution >= 0.6 is 0 Å². The molecule has 9 heteroatoms. The number of aryl methyl sites for hydroxylation is 1. The number of aliphatic carboxylic acids is 1. The Bertz CT molecular complexity index is 743. The molecule has 0 unspecified atom stereocenters. The van der Waals surface area contributed by atoms with Crippen LogP contribution in [0.3, 0.4) is 0 Å². The SMILES string of the molecule is Cc1cc([N+](=O)[O-])cc(S(=O)(=O)N2CCC[C@H]2C(=O)O)c1C. The highest BCUT2D eigenvalue weighted by molar-refractivity contribution is 7.89. The Kier molecular flexibility index (Phi) is 4.21. The molecule has 1 aromatic carbocycles. The van der Waals surface area contributed by atoms with Crippen molar-refractivity contribution in [3.05, 3.63) is 33.4 Å². The Labute approximate surface area is 127 Å². The van der Waals surface area contributed by atoms with Crippen LogP contribution in [0.4, 0.5) is 5.69 Å². The molecule has 0 spiro atoms. The number of nitro groups is 1. The van der Waals surface area contributed by atoms with E-state index >= 15 is 0 Å². The molecule has 0 amide bonds. The first-order valence-electron chi connectivity index (χ1n) is 6.66. The molecule has 0 aromatic heterocycles. The van der Waals surface area contributed by atoms with Gasteiger partial charge in [-0.1, -0.05) is 0 Å². The van der Waals surface area contributed by atoms with E-state index < -0.39 is 27.0 Å². The van der Waals surface area contributed by atoms with Gasteiger partial charge in [-0.2, -0.15) is 4.31 Å².